The van der Waals surface area contributed by atoms with Crippen LogP contribution in [0.15, 0.2) is 48.5 Å². The zero-order chi connectivity index (χ0) is 25.4. The van der Waals surface area contributed by atoms with Gasteiger partial charge >= 0.3 is 0 Å². The molecular weight excluding hydrogens is 452 g/mol. The second-order valence-corrected chi connectivity index (χ2v) is 8.90. The molecule has 6 nitrogen and oxygen atoms in total. The summed E-state index contributed by atoms with van der Waals surface area (Å²) in [6.07, 6.45) is 1.34. The molecule has 0 spiro atoms. The molecule has 0 aliphatic heterocycles. The van der Waals surface area contributed by atoms with Crippen molar-refractivity contribution in [3.63, 3.8) is 0 Å². The molecule has 3 rings (SSSR count). The quantitative estimate of drug-likeness (QED) is 0.316. The van der Waals surface area contributed by atoms with Gasteiger partial charge in [0.05, 0.1) is 29.7 Å². The van der Waals surface area contributed by atoms with E-state index in [0.717, 1.165) is 18.4 Å². The highest BCUT2D eigenvalue weighted by Gasteiger charge is 2.24. The third-order valence-electron chi connectivity index (χ3n) is 5.74. The van der Waals surface area contributed by atoms with Gasteiger partial charge in [-0.1, -0.05) is 25.5 Å². The van der Waals surface area contributed by atoms with E-state index in [9.17, 15) is 13.9 Å². The van der Waals surface area contributed by atoms with Gasteiger partial charge in [-0.3, -0.25) is 4.90 Å². The van der Waals surface area contributed by atoms with Gasteiger partial charge in [-0.05, 0) is 63.6 Å². The van der Waals surface area contributed by atoms with Gasteiger partial charge in [0.15, 0.2) is 11.6 Å². The van der Waals surface area contributed by atoms with E-state index in [0.29, 0.717) is 37.0 Å². The molecule has 0 fully saturated rings. The molecule has 0 unspecified atom stereocenters. The van der Waals surface area contributed by atoms with Crippen molar-refractivity contribution in [2.75, 3.05) is 19.8 Å². The van der Waals surface area contributed by atoms with Crippen molar-refractivity contribution in [1.82, 2.24) is 14.7 Å². The van der Waals surface area contributed by atoms with Gasteiger partial charge in [-0.15, -0.1) is 0 Å². The van der Waals surface area contributed by atoms with Gasteiger partial charge in [0.25, 0.3) is 0 Å². The fraction of sp³-hybridized carbons (Fsp3) is 0.444. The minimum Gasteiger partial charge on any atom is -0.435 e. The number of benzene rings is 2. The van der Waals surface area contributed by atoms with Gasteiger partial charge in [0, 0.05) is 25.7 Å². The summed E-state index contributed by atoms with van der Waals surface area (Å²) in [5.74, 6) is -0.449. The molecule has 3 aromatic rings. The Morgan fingerprint density at radius 1 is 1.09 bits per heavy atom. The Balaban J connectivity index is 1.91. The number of aliphatic hydroxyl groups excluding tert-OH is 1. The summed E-state index contributed by atoms with van der Waals surface area (Å²) in [5, 5.41) is 15.2. The Labute approximate surface area is 206 Å². The van der Waals surface area contributed by atoms with E-state index in [2.05, 4.69) is 16.9 Å². The van der Waals surface area contributed by atoms with Crippen molar-refractivity contribution >= 4 is 0 Å². The summed E-state index contributed by atoms with van der Waals surface area (Å²) in [5.41, 5.74) is 2.04. The maximum atomic E-state index is 14.5. The molecule has 1 aromatic heterocycles. The molecule has 1 N–H and O–H groups in total. The molecule has 35 heavy (non-hydrogen) atoms. The highest BCUT2D eigenvalue weighted by Crippen LogP contribution is 2.33. The minimum absolute atomic E-state index is 0.0671. The first-order valence-corrected chi connectivity index (χ1v) is 12.1. The number of nitrogens with zero attached hydrogens (tertiary/aromatic N) is 3. The highest BCUT2D eigenvalue weighted by molar-refractivity contribution is 5.43. The Bertz CT molecular complexity index is 1070. The monoisotopic (exact) mass is 487 g/mol. The molecule has 0 radical (unpaired) electrons. The first-order chi connectivity index (χ1) is 16.8. The molecule has 8 heteroatoms. The molecule has 1 atom stereocenters. The lowest BCUT2D eigenvalue weighted by atomic mass is 10.2. The molecule has 0 saturated carbocycles. The number of halogens is 2. The Kier molecular flexibility index (Phi) is 9.77. The third-order valence-corrected chi connectivity index (χ3v) is 5.74. The Hall–Kier alpha value is -2.81. The molecule has 1 heterocycles. The molecule has 2 aromatic carbocycles. The van der Waals surface area contributed by atoms with E-state index in [1.807, 2.05) is 20.8 Å². The van der Waals surface area contributed by atoms with E-state index in [-0.39, 0.29) is 24.2 Å². The fourth-order valence-corrected chi connectivity index (χ4v) is 3.66. The molecule has 0 bridgehead atoms. The van der Waals surface area contributed by atoms with E-state index < -0.39 is 11.9 Å². The van der Waals surface area contributed by atoms with Crippen molar-refractivity contribution < 1.29 is 23.4 Å². The smallest absolute Gasteiger partial charge is 0.227 e. The predicted molar refractivity (Wildman–Crippen MR) is 132 cm³/mol. The number of aryl methyl sites for hydroxylation is 1. The number of aromatic nitrogens is 2. The standard InChI is InChI=1S/C27H35F2N3O3/c1-5-6-15-34-18-23(33)16-31(19(2)3)17-24-20(4)30-32(22-13-11-21(28)12-14-22)27(24)35-26-10-8-7-9-25(26)29/h7-14,19,23,33H,5-6,15-18H2,1-4H3/t23-/m1/s1. The second-order valence-electron chi connectivity index (χ2n) is 8.90. The van der Waals surface area contributed by atoms with Crippen molar-refractivity contribution in [3.05, 3.63) is 71.4 Å². The SMILES string of the molecule is CCCCOC[C@H](O)CN(Cc1c(C)nn(-c2ccc(F)cc2)c1Oc1ccccc1F)C(C)C. The Morgan fingerprint density at radius 2 is 1.80 bits per heavy atom. The van der Waals surface area contributed by atoms with Crippen LogP contribution in [-0.2, 0) is 11.3 Å². The van der Waals surface area contributed by atoms with Crippen LogP contribution in [0.2, 0.25) is 0 Å². The third kappa shape index (κ3) is 7.34. The van der Waals surface area contributed by atoms with E-state index in [1.54, 1.807) is 35.0 Å². The van der Waals surface area contributed by atoms with Crippen LogP contribution >= 0.6 is 0 Å². The largest absolute Gasteiger partial charge is 0.435 e. The van der Waals surface area contributed by atoms with Crippen LogP contribution in [-0.4, -0.2) is 51.7 Å². The lowest BCUT2D eigenvalue weighted by Gasteiger charge is -2.29. The number of hydrogen-bond donors (Lipinski definition) is 1. The van der Waals surface area contributed by atoms with Crippen LogP contribution in [0.3, 0.4) is 0 Å². The van der Waals surface area contributed by atoms with Crippen molar-refractivity contribution in [3.8, 4) is 17.3 Å². The van der Waals surface area contributed by atoms with Gasteiger partial charge < -0.3 is 14.6 Å². The van der Waals surface area contributed by atoms with Crippen LogP contribution in [0.25, 0.3) is 5.69 Å². The Morgan fingerprint density at radius 3 is 2.46 bits per heavy atom. The normalized spacial score (nSPS) is 12.5. The first-order valence-electron chi connectivity index (χ1n) is 12.1. The van der Waals surface area contributed by atoms with Gasteiger partial charge in [0.2, 0.25) is 5.88 Å². The molecule has 0 saturated heterocycles. The van der Waals surface area contributed by atoms with Crippen molar-refractivity contribution in [2.24, 2.45) is 0 Å². The average molecular weight is 488 g/mol. The van der Waals surface area contributed by atoms with Crippen LogP contribution in [0.4, 0.5) is 8.78 Å². The summed E-state index contributed by atoms with van der Waals surface area (Å²) >= 11 is 0. The molecular formula is C27H35F2N3O3. The molecule has 0 aliphatic carbocycles. The first kappa shape index (κ1) is 26.8. The summed E-state index contributed by atoms with van der Waals surface area (Å²) in [6.45, 7) is 9.73. The lowest BCUT2D eigenvalue weighted by molar-refractivity contribution is 0.00842. The summed E-state index contributed by atoms with van der Waals surface area (Å²) in [4.78, 5) is 2.10. The van der Waals surface area contributed by atoms with Crippen molar-refractivity contribution in [1.29, 1.82) is 0 Å². The van der Waals surface area contributed by atoms with Crippen LogP contribution < -0.4 is 4.74 Å². The van der Waals surface area contributed by atoms with Crippen LogP contribution in [0.5, 0.6) is 11.6 Å². The van der Waals surface area contributed by atoms with Crippen molar-refractivity contribution in [2.45, 2.75) is 59.2 Å². The topological polar surface area (TPSA) is 59.8 Å². The van der Waals surface area contributed by atoms with Gasteiger partial charge in [0.1, 0.15) is 5.82 Å². The average Bonchev–Trinajstić information content (AvgIpc) is 3.13. The number of ether oxygens (including phenoxy) is 2. The molecule has 190 valence electrons. The molecule has 0 amide bonds. The van der Waals surface area contributed by atoms with Gasteiger partial charge in [-0.2, -0.15) is 5.10 Å². The number of aliphatic hydroxyl groups is 1. The maximum Gasteiger partial charge on any atom is 0.227 e. The number of para-hydroxylation sites is 1. The van der Waals surface area contributed by atoms with E-state index >= 15 is 0 Å². The van der Waals surface area contributed by atoms with Crippen LogP contribution in [0.1, 0.15) is 44.9 Å². The predicted octanol–water partition coefficient (Wildman–Crippen LogP) is 5.64. The van der Waals surface area contributed by atoms with E-state index in [4.69, 9.17) is 9.47 Å². The second kappa shape index (κ2) is 12.8. The highest BCUT2D eigenvalue weighted by atomic mass is 19.1. The lowest BCUT2D eigenvalue weighted by Crippen LogP contribution is -2.39. The fourth-order valence-electron chi connectivity index (χ4n) is 3.66. The van der Waals surface area contributed by atoms with Gasteiger partial charge in [-0.25, -0.2) is 13.5 Å². The van der Waals surface area contributed by atoms with Crippen LogP contribution in [0, 0.1) is 18.6 Å². The molecule has 0 aliphatic rings. The number of hydrogen-bond acceptors (Lipinski definition) is 5. The number of unbranched alkanes of at least 4 members (excludes halogenated alkanes) is 1. The minimum atomic E-state index is -0.655. The maximum absolute atomic E-state index is 14.5. The van der Waals surface area contributed by atoms with E-state index in [1.165, 1.54) is 18.2 Å². The number of rotatable bonds is 13. The summed E-state index contributed by atoms with van der Waals surface area (Å²) in [7, 11) is 0. The summed E-state index contributed by atoms with van der Waals surface area (Å²) < 4.78 is 41.2. The zero-order valence-electron chi connectivity index (χ0n) is 20.9. The zero-order valence-corrected chi connectivity index (χ0v) is 20.9. The summed E-state index contributed by atoms with van der Waals surface area (Å²) in [6, 6.07) is 12.1.